The van der Waals surface area contributed by atoms with Gasteiger partial charge in [0.25, 0.3) is 0 Å². The molecule has 2 amide bonds. The van der Waals surface area contributed by atoms with Crippen molar-refractivity contribution in [1.29, 1.82) is 0 Å². The van der Waals surface area contributed by atoms with E-state index in [0.29, 0.717) is 12.1 Å². The maximum Gasteiger partial charge on any atom is 0.228 e. The predicted octanol–water partition coefficient (Wildman–Crippen LogP) is 3.67. The molecule has 1 aliphatic carbocycles. The Hall–Kier alpha value is -2.76. The minimum atomic E-state index is -0.573. The number of nitrogens with one attached hydrogen (secondary N) is 2. The molecule has 0 aromatic heterocycles. The molecule has 2 atom stereocenters. The van der Waals surface area contributed by atoms with E-state index in [1.54, 1.807) is 12.1 Å². The molecule has 0 bridgehead atoms. The third-order valence-electron chi connectivity index (χ3n) is 3.97. The van der Waals surface area contributed by atoms with Crippen molar-refractivity contribution in [1.82, 2.24) is 0 Å². The summed E-state index contributed by atoms with van der Waals surface area (Å²) in [4.78, 5) is 23.3. The molecule has 0 spiro atoms. The molecular formula is C18H16F2N2O2. The second-order valence-electron chi connectivity index (χ2n) is 5.87. The topological polar surface area (TPSA) is 58.2 Å². The second kappa shape index (κ2) is 6.39. The molecule has 124 valence electrons. The van der Waals surface area contributed by atoms with E-state index in [1.165, 1.54) is 37.3 Å². The molecule has 0 aliphatic heterocycles. The van der Waals surface area contributed by atoms with Crippen molar-refractivity contribution in [3.63, 3.8) is 0 Å². The van der Waals surface area contributed by atoms with E-state index < -0.39 is 5.82 Å². The minimum absolute atomic E-state index is 0.0205. The van der Waals surface area contributed by atoms with Crippen LogP contribution in [0.2, 0.25) is 0 Å². The Morgan fingerprint density at radius 3 is 2.42 bits per heavy atom. The Bertz CT molecular complexity index is 790. The predicted molar refractivity (Wildman–Crippen MR) is 86.6 cm³/mol. The van der Waals surface area contributed by atoms with Gasteiger partial charge in [0, 0.05) is 18.5 Å². The summed E-state index contributed by atoms with van der Waals surface area (Å²) in [5.74, 6) is -1.71. The second-order valence-corrected chi connectivity index (χ2v) is 5.87. The Balaban J connectivity index is 1.67. The lowest BCUT2D eigenvalue weighted by Gasteiger charge is -2.09. The fourth-order valence-corrected chi connectivity index (χ4v) is 2.69. The van der Waals surface area contributed by atoms with Gasteiger partial charge < -0.3 is 10.6 Å². The molecule has 1 fully saturated rings. The Kier molecular flexibility index (Phi) is 4.29. The Morgan fingerprint density at radius 2 is 1.75 bits per heavy atom. The first-order valence-corrected chi connectivity index (χ1v) is 7.57. The van der Waals surface area contributed by atoms with Crippen LogP contribution in [-0.4, -0.2) is 11.8 Å². The van der Waals surface area contributed by atoms with Crippen LogP contribution in [0.15, 0.2) is 42.5 Å². The van der Waals surface area contributed by atoms with Crippen LogP contribution in [0.1, 0.15) is 24.8 Å². The molecule has 4 nitrogen and oxygen atoms in total. The third-order valence-corrected chi connectivity index (χ3v) is 3.97. The van der Waals surface area contributed by atoms with E-state index in [2.05, 4.69) is 10.6 Å². The SMILES string of the molecule is CC(=O)Nc1ccc(F)c(NC(=O)C2CC2c2ccc(F)cc2)c1. The molecule has 1 saturated carbocycles. The van der Waals surface area contributed by atoms with Crippen molar-refractivity contribution in [2.45, 2.75) is 19.3 Å². The van der Waals surface area contributed by atoms with E-state index >= 15 is 0 Å². The standard InChI is InChI=1S/C18H16F2N2O2/c1-10(23)21-13-6-7-16(20)17(8-13)22-18(24)15-9-14(15)11-2-4-12(19)5-3-11/h2-8,14-15H,9H2,1H3,(H,21,23)(H,22,24). The smallest absolute Gasteiger partial charge is 0.228 e. The monoisotopic (exact) mass is 330 g/mol. The van der Waals surface area contributed by atoms with E-state index in [4.69, 9.17) is 0 Å². The first-order valence-electron chi connectivity index (χ1n) is 7.57. The Morgan fingerprint density at radius 1 is 1.04 bits per heavy atom. The van der Waals surface area contributed by atoms with Gasteiger partial charge in [-0.2, -0.15) is 0 Å². The molecule has 2 unspecified atom stereocenters. The average Bonchev–Trinajstić information content (AvgIpc) is 3.31. The van der Waals surface area contributed by atoms with Gasteiger partial charge in [-0.15, -0.1) is 0 Å². The minimum Gasteiger partial charge on any atom is -0.326 e. The molecule has 2 aromatic carbocycles. The van der Waals surface area contributed by atoms with Crippen molar-refractivity contribution in [2.75, 3.05) is 10.6 Å². The fraction of sp³-hybridized carbons (Fsp3) is 0.222. The van der Waals surface area contributed by atoms with Gasteiger partial charge in [0.05, 0.1) is 5.69 Å². The van der Waals surface area contributed by atoms with Gasteiger partial charge in [0.1, 0.15) is 11.6 Å². The number of hydrogen-bond acceptors (Lipinski definition) is 2. The van der Waals surface area contributed by atoms with Gasteiger partial charge >= 0.3 is 0 Å². The average molecular weight is 330 g/mol. The third kappa shape index (κ3) is 3.59. The maximum absolute atomic E-state index is 13.8. The normalized spacial score (nSPS) is 18.8. The molecule has 2 N–H and O–H groups in total. The van der Waals surface area contributed by atoms with E-state index in [1.807, 2.05) is 0 Å². The summed E-state index contributed by atoms with van der Waals surface area (Å²) in [6, 6.07) is 10.0. The first-order chi connectivity index (χ1) is 11.4. The number of carbonyl (C=O) groups excluding carboxylic acids is 2. The highest BCUT2D eigenvalue weighted by Crippen LogP contribution is 2.48. The number of anilines is 2. The van der Waals surface area contributed by atoms with Crippen molar-refractivity contribution in [3.05, 3.63) is 59.7 Å². The molecular weight excluding hydrogens is 314 g/mol. The van der Waals surface area contributed by atoms with Crippen LogP contribution < -0.4 is 10.6 Å². The lowest BCUT2D eigenvalue weighted by Crippen LogP contribution is -2.16. The van der Waals surface area contributed by atoms with Crippen LogP contribution in [-0.2, 0) is 9.59 Å². The summed E-state index contributed by atoms with van der Waals surface area (Å²) in [7, 11) is 0. The van der Waals surface area contributed by atoms with E-state index in [0.717, 1.165) is 5.56 Å². The van der Waals surface area contributed by atoms with Crippen molar-refractivity contribution >= 4 is 23.2 Å². The number of amides is 2. The number of rotatable bonds is 4. The number of benzene rings is 2. The lowest BCUT2D eigenvalue weighted by molar-refractivity contribution is -0.117. The summed E-state index contributed by atoms with van der Waals surface area (Å²) in [5.41, 5.74) is 1.32. The maximum atomic E-state index is 13.8. The summed E-state index contributed by atoms with van der Waals surface area (Å²) in [5, 5.41) is 5.10. The van der Waals surface area contributed by atoms with Crippen LogP contribution in [0.4, 0.5) is 20.2 Å². The molecule has 0 heterocycles. The zero-order valence-electron chi connectivity index (χ0n) is 13.0. The van der Waals surface area contributed by atoms with Gasteiger partial charge in [-0.25, -0.2) is 8.78 Å². The van der Waals surface area contributed by atoms with Crippen LogP contribution in [0.5, 0.6) is 0 Å². The van der Waals surface area contributed by atoms with Crippen molar-refractivity contribution < 1.29 is 18.4 Å². The number of halogens is 2. The van der Waals surface area contributed by atoms with Crippen LogP contribution in [0.3, 0.4) is 0 Å². The lowest BCUT2D eigenvalue weighted by atomic mass is 10.1. The number of carbonyl (C=O) groups is 2. The summed E-state index contributed by atoms with van der Waals surface area (Å²) >= 11 is 0. The zero-order valence-corrected chi connectivity index (χ0v) is 13.0. The molecule has 24 heavy (non-hydrogen) atoms. The molecule has 3 rings (SSSR count). The van der Waals surface area contributed by atoms with Crippen LogP contribution >= 0.6 is 0 Å². The van der Waals surface area contributed by atoms with Crippen LogP contribution in [0.25, 0.3) is 0 Å². The Labute approximate surface area is 137 Å². The highest BCUT2D eigenvalue weighted by Gasteiger charge is 2.44. The molecule has 0 radical (unpaired) electrons. The molecule has 6 heteroatoms. The fourth-order valence-electron chi connectivity index (χ4n) is 2.69. The summed E-state index contributed by atoms with van der Waals surface area (Å²) in [6.45, 7) is 1.35. The van der Waals surface area contributed by atoms with Gasteiger partial charge in [0.15, 0.2) is 0 Å². The molecule has 1 aliphatic rings. The van der Waals surface area contributed by atoms with Gasteiger partial charge in [-0.05, 0) is 48.2 Å². The van der Waals surface area contributed by atoms with Crippen LogP contribution in [0, 0.1) is 17.6 Å². The van der Waals surface area contributed by atoms with Crippen molar-refractivity contribution in [2.24, 2.45) is 5.92 Å². The van der Waals surface area contributed by atoms with E-state index in [9.17, 15) is 18.4 Å². The largest absolute Gasteiger partial charge is 0.326 e. The van der Waals surface area contributed by atoms with Gasteiger partial charge in [-0.3, -0.25) is 9.59 Å². The van der Waals surface area contributed by atoms with Gasteiger partial charge in [-0.1, -0.05) is 12.1 Å². The number of hydrogen-bond donors (Lipinski definition) is 2. The summed E-state index contributed by atoms with van der Waals surface area (Å²) in [6.07, 6.45) is 0.643. The highest BCUT2D eigenvalue weighted by atomic mass is 19.1. The first kappa shape index (κ1) is 16.1. The molecule has 2 aromatic rings. The quantitative estimate of drug-likeness (QED) is 0.899. The zero-order chi connectivity index (χ0) is 17.3. The van der Waals surface area contributed by atoms with E-state index in [-0.39, 0.29) is 35.2 Å². The van der Waals surface area contributed by atoms with Gasteiger partial charge in [0.2, 0.25) is 11.8 Å². The molecule has 0 saturated heterocycles. The summed E-state index contributed by atoms with van der Waals surface area (Å²) < 4.78 is 26.8. The van der Waals surface area contributed by atoms with Crippen molar-refractivity contribution in [3.8, 4) is 0 Å². The highest BCUT2D eigenvalue weighted by molar-refractivity contribution is 5.96.